The van der Waals surface area contributed by atoms with Crippen LogP contribution in [0.25, 0.3) is 11.1 Å². The smallest absolute Gasteiger partial charge is 0.341 e. The van der Waals surface area contributed by atoms with E-state index >= 15 is 0 Å². The van der Waals surface area contributed by atoms with E-state index in [-0.39, 0.29) is 5.97 Å². The summed E-state index contributed by atoms with van der Waals surface area (Å²) in [7, 11) is 2.92. The molecule has 0 N–H and O–H groups in total. The summed E-state index contributed by atoms with van der Waals surface area (Å²) in [5.74, 6) is 0.149. The molecule has 2 rings (SSSR count). The van der Waals surface area contributed by atoms with Crippen LogP contribution in [0.1, 0.15) is 15.9 Å². The van der Waals surface area contributed by atoms with Crippen molar-refractivity contribution in [1.29, 1.82) is 0 Å². The van der Waals surface area contributed by atoms with Gasteiger partial charge in [-0.3, -0.25) is 0 Å². The highest BCUT2D eigenvalue weighted by Gasteiger charge is 2.18. The quantitative estimate of drug-likeness (QED) is 0.789. The lowest BCUT2D eigenvalue weighted by molar-refractivity contribution is 0.0596. The first-order chi connectivity index (χ1) is 9.19. The van der Waals surface area contributed by atoms with E-state index in [0.29, 0.717) is 11.3 Å². The molecular weight excluding hydrogens is 240 g/mol. The number of carbonyl (C=O) groups is 1. The van der Waals surface area contributed by atoms with Gasteiger partial charge in [0.2, 0.25) is 0 Å². The van der Waals surface area contributed by atoms with E-state index in [9.17, 15) is 4.79 Å². The minimum atomic E-state index is -0.382. The second-order valence-corrected chi connectivity index (χ2v) is 4.17. The molecule has 0 saturated heterocycles. The van der Waals surface area contributed by atoms with Crippen molar-refractivity contribution in [3.8, 4) is 16.9 Å². The molecule has 0 saturated carbocycles. The van der Waals surface area contributed by atoms with E-state index < -0.39 is 0 Å². The van der Waals surface area contributed by atoms with Crippen LogP contribution in [0.5, 0.6) is 5.75 Å². The fourth-order valence-electron chi connectivity index (χ4n) is 2.14. The normalized spacial score (nSPS) is 10.1. The van der Waals surface area contributed by atoms with Crippen molar-refractivity contribution in [1.82, 2.24) is 0 Å². The Balaban J connectivity index is 2.63. The van der Waals surface area contributed by atoms with Gasteiger partial charge in [-0.2, -0.15) is 0 Å². The zero-order chi connectivity index (χ0) is 13.8. The monoisotopic (exact) mass is 256 g/mol. The van der Waals surface area contributed by atoms with Crippen LogP contribution < -0.4 is 4.74 Å². The zero-order valence-corrected chi connectivity index (χ0v) is 11.3. The minimum Gasteiger partial charge on any atom is -0.496 e. The van der Waals surface area contributed by atoms with Crippen LogP contribution >= 0.6 is 0 Å². The molecule has 0 radical (unpaired) electrons. The maximum atomic E-state index is 11.9. The van der Waals surface area contributed by atoms with Gasteiger partial charge in [-0.15, -0.1) is 0 Å². The van der Waals surface area contributed by atoms with Crippen LogP contribution in [0.15, 0.2) is 42.5 Å². The molecule has 0 unspecified atom stereocenters. The molecule has 2 aromatic rings. The van der Waals surface area contributed by atoms with E-state index in [1.807, 2.05) is 43.3 Å². The summed E-state index contributed by atoms with van der Waals surface area (Å²) >= 11 is 0. The molecule has 0 amide bonds. The number of rotatable bonds is 3. The summed E-state index contributed by atoms with van der Waals surface area (Å²) in [6.07, 6.45) is 0. The molecule has 0 aliphatic rings. The van der Waals surface area contributed by atoms with Crippen molar-refractivity contribution >= 4 is 5.97 Å². The van der Waals surface area contributed by atoms with Gasteiger partial charge in [0.25, 0.3) is 0 Å². The van der Waals surface area contributed by atoms with Gasteiger partial charge in [0, 0.05) is 0 Å². The van der Waals surface area contributed by atoms with Crippen LogP contribution in [-0.4, -0.2) is 20.2 Å². The van der Waals surface area contributed by atoms with E-state index in [0.717, 1.165) is 16.7 Å². The van der Waals surface area contributed by atoms with Crippen LogP contribution in [0, 0.1) is 6.92 Å². The standard InChI is InChI=1S/C16H16O3/c1-11-13(12-7-5-4-6-8-12)9-10-14(18-2)15(11)16(17)19-3/h4-10H,1-3H3. The van der Waals surface area contributed by atoms with E-state index in [2.05, 4.69) is 0 Å². The van der Waals surface area contributed by atoms with Crippen LogP contribution in [-0.2, 0) is 4.74 Å². The molecule has 0 atom stereocenters. The van der Waals surface area contributed by atoms with Gasteiger partial charge in [-0.1, -0.05) is 36.4 Å². The number of benzene rings is 2. The number of methoxy groups -OCH3 is 2. The van der Waals surface area contributed by atoms with Gasteiger partial charge >= 0.3 is 5.97 Å². The lowest BCUT2D eigenvalue weighted by atomic mass is 9.96. The lowest BCUT2D eigenvalue weighted by Gasteiger charge is -2.14. The molecule has 0 aromatic heterocycles. The molecule has 0 spiro atoms. The summed E-state index contributed by atoms with van der Waals surface area (Å²) in [6, 6.07) is 13.7. The molecular formula is C16H16O3. The second kappa shape index (κ2) is 5.57. The number of esters is 1. The first-order valence-corrected chi connectivity index (χ1v) is 6.00. The Morgan fingerprint density at radius 1 is 1.00 bits per heavy atom. The predicted octanol–water partition coefficient (Wildman–Crippen LogP) is 3.46. The average Bonchev–Trinajstić information content (AvgIpc) is 2.47. The average molecular weight is 256 g/mol. The van der Waals surface area contributed by atoms with Crippen molar-refractivity contribution in [2.24, 2.45) is 0 Å². The summed E-state index contributed by atoms with van der Waals surface area (Å²) in [6.45, 7) is 1.90. The molecule has 2 aromatic carbocycles. The van der Waals surface area contributed by atoms with Crippen molar-refractivity contribution in [3.05, 3.63) is 53.6 Å². The predicted molar refractivity (Wildman–Crippen MR) is 74.5 cm³/mol. The van der Waals surface area contributed by atoms with E-state index in [1.54, 1.807) is 13.2 Å². The van der Waals surface area contributed by atoms with E-state index in [1.165, 1.54) is 7.11 Å². The SMILES string of the molecule is COC(=O)c1c(OC)ccc(-c2ccccc2)c1C. The molecule has 98 valence electrons. The maximum absolute atomic E-state index is 11.9. The van der Waals surface area contributed by atoms with Gasteiger partial charge < -0.3 is 9.47 Å². The van der Waals surface area contributed by atoms with Crippen LogP contribution in [0.4, 0.5) is 0 Å². The third kappa shape index (κ3) is 2.45. The Morgan fingerprint density at radius 3 is 2.26 bits per heavy atom. The minimum absolute atomic E-state index is 0.382. The number of hydrogen-bond donors (Lipinski definition) is 0. The third-order valence-electron chi connectivity index (χ3n) is 3.12. The molecule has 0 fully saturated rings. The fourth-order valence-corrected chi connectivity index (χ4v) is 2.14. The fraction of sp³-hybridized carbons (Fsp3) is 0.188. The largest absolute Gasteiger partial charge is 0.496 e. The van der Waals surface area contributed by atoms with Crippen LogP contribution in [0.3, 0.4) is 0 Å². The van der Waals surface area contributed by atoms with Gasteiger partial charge in [-0.05, 0) is 29.7 Å². The number of hydrogen-bond acceptors (Lipinski definition) is 3. The summed E-state index contributed by atoms with van der Waals surface area (Å²) in [4.78, 5) is 11.9. The Bertz CT molecular complexity index is 588. The van der Waals surface area contributed by atoms with E-state index in [4.69, 9.17) is 9.47 Å². The molecule has 0 bridgehead atoms. The van der Waals surface area contributed by atoms with Gasteiger partial charge in [0.05, 0.1) is 14.2 Å². The molecule has 3 heteroatoms. The Kier molecular flexibility index (Phi) is 3.85. The zero-order valence-electron chi connectivity index (χ0n) is 11.3. The van der Waals surface area contributed by atoms with Gasteiger partial charge in [0.1, 0.15) is 11.3 Å². The molecule has 0 heterocycles. The van der Waals surface area contributed by atoms with Crippen LogP contribution in [0.2, 0.25) is 0 Å². The molecule has 0 aliphatic carbocycles. The first kappa shape index (κ1) is 13.1. The maximum Gasteiger partial charge on any atom is 0.341 e. The number of ether oxygens (including phenoxy) is 2. The number of carbonyl (C=O) groups excluding carboxylic acids is 1. The Morgan fingerprint density at radius 2 is 1.68 bits per heavy atom. The van der Waals surface area contributed by atoms with Gasteiger partial charge in [0.15, 0.2) is 0 Å². The Hall–Kier alpha value is -2.29. The molecule has 19 heavy (non-hydrogen) atoms. The summed E-state index contributed by atoms with van der Waals surface area (Å²) in [5, 5.41) is 0. The van der Waals surface area contributed by atoms with Crippen molar-refractivity contribution < 1.29 is 14.3 Å². The van der Waals surface area contributed by atoms with Crippen molar-refractivity contribution in [2.75, 3.05) is 14.2 Å². The Labute approximate surface area is 112 Å². The lowest BCUT2D eigenvalue weighted by Crippen LogP contribution is -2.07. The highest BCUT2D eigenvalue weighted by Crippen LogP contribution is 2.31. The van der Waals surface area contributed by atoms with Gasteiger partial charge in [-0.25, -0.2) is 4.79 Å². The highest BCUT2D eigenvalue weighted by atomic mass is 16.5. The topological polar surface area (TPSA) is 35.5 Å². The summed E-state index contributed by atoms with van der Waals surface area (Å²) < 4.78 is 10.1. The third-order valence-corrected chi connectivity index (χ3v) is 3.12. The van der Waals surface area contributed by atoms with Crippen molar-refractivity contribution in [2.45, 2.75) is 6.92 Å². The highest BCUT2D eigenvalue weighted by molar-refractivity contribution is 5.96. The summed E-state index contributed by atoms with van der Waals surface area (Å²) in [5.41, 5.74) is 3.40. The second-order valence-electron chi connectivity index (χ2n) is 4.17. The van der Waals surface area contributed by atoms with Crippen molar-refractivity contribution in [3.63, 3.8) is 0 Å². The molecule has 0 aliphatic heterocycles. The molecule has 3 nitrogen and oxygen atoms in total. The first-order valence-electron chi connectivity index (χ1n) is 6.00.